The molecule has 0 amide bonds. The van der Waals surface area contributed by atoms with E-state index in [4.69, 9.17) is 0 Å². The fourth-order valence-corrected chi connectivity index (χ4v) is 4.34. The van der Waals surface area contributed by atoms with Crippen LogP contribution in [0.3, 0.4) is 0 Å². The molecule has 1 N–H and O–H groups in total. The first-order chi connectivity index (χ1) is 17.5. The summed E-state index contributed by atoms with van der Waals surface area (Å²) in [6, 6.07) is 20.8. The molecular weight excluding hydrogens is 450 g/mol. The summed E-state index contributed by atoms with van der Waals surface area (Å²) < 4.78 is 3.50. The van der Waals surface area contributed by atoms with Crippen molar-refractivity contribution in [2.45, 2.75) is 19.4 Å². The number of Topliss-reactive ketones (excluding diaryl/α,β-unsaturated/α-hetero) is 2. The molecule has 5 aromatic rings. The molecule has 36 heavy (non-hydrogen) atoms. The number of hydrogen-bond acceptors (Lipinski definition) is 5. The van der Waals surface area contributed by atoms with Crippen molar-refractivity contribution in [3.8, 4) is 11.1 Å². The molecule has 0 aliphatic carbocycles. The van der Waals surface area contributed by atoms with Crippen LogP contribution in [0.5, 0.6) is 0 Å². The van der Waals surface area contributed by atoms with Gasteiger partial charge in [0.2, 0.25) is 0 Å². The maximum atomic E-state index is 13.8. The van der Waals surface area contributed by atoms with Gasteiger partial charge in [0.15, 0.2) is 11.6 Å². The molecule has 3 aromatic heterocycles. The zero-order chi connectivity index (χ0) is 25.1. The molecular formula is C29H27N5O2. The summed E-state index contributed by atoms with van der Waals surface area (Å²) >= 11 is 0. The zero-order valence-corrected chi connectivity index (χ0v) is 20.3. The van der Waals surface area contributed by atoms with Gasteiger partial charge in [-0.3, -0.25) is 14.3 Å². The minimum absolute atomic E-state index is 0.0303. The monoisotopic (exact) mass is 477 g/mol. The molecule has 2 aromatic carbocycles. The van der Waals surface area contributed by atoms with Crippen molar-refractivity contribution in [3.05, 3.63) is 114 Å². The molecule has 0 fully saturated rings. The molecule has 0 saturated carbocycles. The van der Waals surface area contributed by atoms with Gasteiger partial charge in [-0.1, -0.05) is 60.7 Å². The van der Waals surface area contributed by atoms with Crippen molar-refractivity contribution in [2.24, 2.45) is 7.05 Å². The Balaban J connectivity index is 1.37. The highest BCUT2D eigenvalue weighted by molar-refractivity contribution is 6.06. The SMILES string of the molecule is CC(=O)c1ccc(CCN[C@H](C(=O)c2cnn3cc(-c4cnn(C)c4)ccc23)c2ccccc2)cc1. The first-order valence-corrected chi connectivity index (χ1v) is 11.9. The molecule has 0 aliphatic rings. The number of ketones is 2. The van der Waals surface area contributed by atoms with Crippen LogP contribution in [0, 0.1) is 0 Å². The lowest BCUT2D eigenvalue weighted by molar-refractivity contribution is 0.0944. The maximum absolute atomic E-state index is 13.8. The van der Waals surface area contributed by atoms with E-state index in [1.807, 2.05) is 86.2 Å². The number of carbonyl (C=O) groups is 2. The van der Waals surface area contributed by atoms with Gasteiger partial charge in [0.1, 0.15) is 0 Å². The highest BCUT2D eigenvalue weighted by Gasteiger charge is 2.24. The number of pyridine rings is 1. The third kappa shape index (κ3) is 4.87. The van der Waals surface area contributed by atoms with Crippen LogP contribution in [0.15, 0.2) is 91.5 Å². The number of aryl methyl sites for hydroxylation is 1. The van der Waals surface area contributed by atoms with Crippen LogP contribution in [0.4, 0.5) is 0 Å². The summed E-state index contributed by atoms with van der Waals surface area (Å²) in [6.07, 6.45) is 8.04. The van der Waals surface area contributed by atoms with Crippen molar-refractivity contribution in [1.82, 2.24) is 24.7 Å². The molecule has 3 heterocycles. The van der Waals surface area contributed by atoms with Gasteiger partial charge in [0.05, 0.1) is 29.5 Å². The third-order valence-corrected chi connectivity index (χ3v) is 6.34. The van der Waals surface area contributed by atoms with Crippen molar-refractivity contribution in [2.75, 3.05) is 6.54 Å². The van der Waals surface area contributed by atoms with Gasteiger partial charge in [0, 0.05) is 42.7 Å². The van der Waals surface area contributed by atoms with Crippen molar-refractivity contribution in [3.63, 3.8) is 0 Å². The van der Waals surface area contributed by atoms with E-state index in [-0.39, 0.29) is 11.6 Å². The van der Waals surface area contributed by atoms with Crippen LogP contribution >= 0.6 is 0 Å². The summed E-state index contributed by atoms with van der Waals surface area (Å²) in [5.74, 6) is 0.0210. The molecule has 7 nitrogen and oxygen atoms in total. The number of carbonyl (C=O) groups excluding carboxylic acids is 2. The third-order valence-electron chi connectivity index (χ3n) is 6.34. The largest absolute Gasteiger partial charge is 0.303 e. The Morgan fingerprint density at radius 2 is 1.67 bits per heavy atom. The Morgan fingerprint density at radius 3 is 2.36 bits per heavy atom. The normalized spacial score (nSPS) is 12.1. The average Bonchev–Trinajstić information content (AvgIpc) is 3.53. The molecule has 0 unspecified atom stereocenters. The van der Waals surface area contributed by atoms with E-state index in [0.717, 1.165) is 34.2 Å². The van der Waals surface area contributed by atoms with Crippen LogP contribution < -0.4 is 5.32 Å². The Kier molecular flexibility index (Phi) is 6.56. The minimum Gasteiger partial charge on any atom is -0.303 e. The molecule has 0 spiro atoms. The maximum Gasteiger partial charge on any atom is 0.188 e. The number of aromatic nitrogens is 4. The lowest BCUT2D eigenvalue weighted by atomic mass is 9.97. The van der Waals surface area contributed by atoms with E-state index in [2.05, 4.69) is 15.5 Å². The average molecular weight is 478 g/mol. The van der Waals surface area contributed by atoms with Gasteiger partial charge >= 0.3 is 0 Å². The second kappa shape index (κ2) is 10.1. The Hall–Kier alpha value is -4.36. The van der Waals surface area contributed by atoms with Gasteiger partial charge in [-0.2, -0.15) is 10.2 Å². The smallest absolute Gasteiger partial charge is 0.188 e. The quantitative estimate of drug-likeness (QED) is 0.312. The summed E-state index contributed by atoms with van der Waals surface area (Å²) in [5, 5.41) is 12.2. The van der Waals surface area contributed by atoms with Gasteiger partial charge in [-0.25, -0.2) is 4.52 Å². The molecule has 180 valence electrons. The van der Waals surface area contributed by atoms with Crippen molar-refractivity contribution >= 4 is 17.1 Å². The summed E-state index contributed by atoms with van der Waals surface area (Å²) in [7, 11) is 1.88. The van der Waals surface area contributed by atoms with Crippen LogP contribution in [0.2, 0.25) is 0 Å². The molecule has 5 rings (SSSR count). The minimum atomic E-state index is -0.506. The molecule has 0 aliphatic heterocycles. The molecule has 1 atom stereocenters. The van der Waals surface area contributed by atoms with Gasteiger partial charge in [0.25, 0.3) is 0 Å². The van der Waals surface area contributed by atoms with Gasteiger partial charge < -0.3 is 5.32 Å². The molecule has 7 heteroatoms. The Bertz CT molecular complexity index is 1520. The number of hydrogen-bond donors (Lipinski definition) is 1. The summed E-state index contributed by atoms with van der Waals surface area (Å²) in [5.41, 5.74) is 6.00. The predicted octanol–water partition coefficient (Wildman–Crippen LogP) is 4.69. The predicted molar refractivity (Wildman–Crippen MR) is 139 cm³/mol. The standard InChI is InChI=1S/C29H27N5O2/c1-20(35)22-10-8-21(9-11-22)14-15-30-28(23-6-4-3-5-7-23)29(36)26-17-32-34-19-24(12-13-27(26)34)25-16-31-33(2)18-25/h3-13,16-19,28,30H,14-15H2,1-2H3/t28-/m0/s1. The highest BCUT2D eigenvalue weighted by atomic mass is 16.1. The van der Waals surface area contributed by atoms with E-state index in [1.165, 1.54) is 0 Å². The van der Waals surface area contributed by atoms with Gasteiger partial charge in [-0.15, -0.1) is 0 Å². The molecule has 0 radical (unpaired) electrons. The number of rotatable bonds is 9. The van der Waals surface area contributed by atoms with Crippen LogP contribution in [-0.4, -0.2) is 37.5 Å². The molecule has 0 saturated heterocycles. The van der Waals surface area contributed by atoms with Crippen LogP contribution in [-0.2, 0) is 13.5 Å². The number of fused-ring (bicyclic) bond motifs is 1. The van der Waals surface area contributed by atoms with Crippen LogP contribution in [0.25, 0.3) is 16.6 Å². The van der Waals surface area contributed by atoms with Crippen LogP contribution in [0.1, 0.15) is 44.8 Å². The lowest BCUT2D eigenvalue weighted by Gasteiger charge is -2.18. The van der Waals surface area contributed by atoms with E-state index < -0.39 is 6.04 Å². The fourth-order valence-electron chi connectivity index (χ4n) is 4.34. The molecule has 0 bridgehead atoms. The number of nitrogens with one attached hydrogen (secondary N) is 1. The number of nitrogens with zero attached hydrogens (tertiary/aromatic N) is 4. The second-order valence-electron chi connectivity index (χ2n) is 8.87. The summed E-state index contributed by atoms with van der Waals surface area (Å²) in [4.78, 5) is 25.3. The van der Waals surface area contributed by atoms with Crippen molar-refractivity contribution < 1.29 is 9.59 Å². The first-order valence-electron chi connectivity index (χ1n) is 11.9. The second-order valence-corrected chi connectivity index (χ2v) is 8.87. The van der Waals surface area contributed by atoms with E-state index in [9.17, 15) is 9.59 Å². The first kappa shape index (κ1) is 23.4. The fraction of sp³-hybridized carbons (Fsp3) is 0.172. The highest BCUT2D eigenvalue weighted by Crippen LogP contribution is 2.25. The lowest BCUT2D eigenvalue weighted by Crippen LogP contribution is -2.30. The Labute approximate surface area is 209 Å². The van der Waals surface area contributed by atoms with E-state index >= 15 is 0 Å². The topological polar surface area (TPSA) is 81.3 Å². The summed E-state index contributed by atoms with van der Waals surface area (Å²) in [6.45, 7) is 2.17. The zero-order valence-electron chi connectivity index (χ0n) is 20.3. The Morgan fingerprint density at radius 1 is 0.889 bits per heavy atom. The van der Waals surface area contributed by atoms with Gasteiger partial charge in [-0.05, 0) is 30.5 Å². The van der Waals surface area contributed by atoms with E-state index in [0.29, 0.717) is 17.7 Å². The van der Waals surface area contributed by atoms with Crippen molar-refractivity contribution in [1.29, 1.82) is 0 Å². The number of benzene rings is 2. The van der Waals surface area contributed by atoms with E-state index in [1.54, 1.807) is 28.5 Å².